The average molecular weight is 327 g/mol. The van der Waals surface area contributed by atoms with Crippen LogP contribution in [-0.2, 0) is 7.05 Å². The zero-order chi connectivity index (χ0) is 16.0. The minimum Gasteiger partial charge on any atom is -0.338 e. The Balaban J connectivity index is 1.91. The summed E-state index contributed by atoms with van der Waals surface area (Å²) in [6, 6.07) is 12.0. The number of rotatable bonds is 2. The van der Waals surface area contributed by atoms with Gasteiger partial charge in [-0.2, -0.15) is 5.10 Å². The molecule has 23 heavy (non-hydrogen) atoms. The molecule has 0 spiro atoms. The van der Waals surface area contributed by atoms with Gasteiger partial charge in [0.1, 0.15) is 17.3 Å². The van der Waals surface area contributed by atoms with Crippen molar-refractivity contribution >= 4 is 22.6 Å². The van der Waals surface area contributed by atoms with E-state index in [0.29, 0.717) is 21.9 Å². The number of hydrogen-bond donors (Lipinski definition) is 1. The van der Waals surface area contributed by atoms with Gasteiger partial charge in [-0.05, 0) is 30.3 Å². The second-order valence-corrected chi connectivity index (χ2v) is 5.76. The first kappa shape index (κ1) is 14.0. The molecule has 1 N–H and O–H groups in total. The standard InChI is InChI=1S/C17H12ClFN4/c1-23-9-13(16(22-23)10-3-2-4-11(18)7-10)17-20-14-6-5-12(19)8-15(14)21-17/h2-9H,1H3,(H,20,21). The smallest absolute Gasteiger partial charge is 0.142 e. The second kappa shape index (κ2) is 5.21. The maximum Gasteiger partial charge on any atom is 0.142 e. The Morgan fingerprint density at radius 3 is 2.87 bits per heavy atom. The van der Waals surface area contributed by atoms with Gasteiger partial charge < -0.3 is 4.98 Å². The lowest BCUT2D eigenvalue weighted by atomic mass is 10.1. The zero-order valence-corrected chi connectivity index (χ0v) is 13.0. The van der Waals surface area contributed by atoms with Crippen molar-refractivity contribution in [3.8, 4) is 22.6 Å². The molecule has 0 aliphatic carbocycles. The summed E-state index contributed by atoms with van der Waals surface area (Å²) in [7, 11) is 1.85. The lowest BCUT2D eigenvalue weighted by Gasteiger charge is -2.00. The normalized spacial score (nSPS) is 11.3. The van der Waals surface area contributed by atoms with E-state index in [-0.39, 0.29) is 5.82 Å². The molecule has 6 heteroatoms. The fourth-order valence-electron chi connectivity index (χ4n) is 2.62. The highest BCUT2D eigenvalue weighted by atomic mass is 35.5. The highest BCUT2D eigenvalue weighted by molar-refractivity contribution is 6.30. The monoisotopic (exact) mass is 326 g/mol. The summed E-state index contributed by atoms with van der Waals surface area (Å²) in [6.45, 7) is 0. The predicted molar refractivity (Wildman–Crippen MR) is 88.7 cm³/mol. The van der Waals surface area contributed by atoms with Crippen LogP contribution < -0.4 is 0 Å². The fraction of sp³-hybridized carbons (Fsp3) is 0.0588. The summed E-state index contributed by atoms with van der Waals surface area (Å²) in [5, 5.41) is 5.15. The predicted octanol–water partition coefficient (Wildman–Crippen LogP) is 4.42. The van der Waals surface area contributed by atoms with Crippen molar-refractivity contribution in [1.29, 1.82) is 0 Å². The first-order valence-corrected chi connectivity index (χ1v) is 7.43. The number of aryl methyl sites for hydroxylation is 1. The summed E-state index contributed by atoms with van der Waals surface area (Å²) in [4.78, 5) is 7.69. The Morgan fingerprint density at radius 2 is 2.04 bits per heavy atom. The van der Waals surface area contributed by atoms with Crippen LogP contribution in [0, 0.1) is 5.82 Å². The van der Waals surface area contributed by atoms with Gasteiger partial charge in [0.05, 0.1) is 16.6 Å². The molecule has 114 valence electrons. The minimum atomic E-state index is -0.297. The van der Waals surface area contributed by atoms with Gasteiger partial charge in [0, 0.05) is 23.8 Å². The van der Waals surface area contributed by atoms with Gasteiger partial charge in [0.15, 0.2) is 0 Å². The van der Waals surface area contributed by atoms with E-state index >= 15 is 0 Å². The van der Waals surface area contributed by atoms with E-state index in [1.165, 1.54) is 12.1 Å². The van der Waals surface area contributed by atoms with Crippen molar-refractivity contribution in [2.45, 2.75) is 0 Å². The van der Waals surface area contributed by atoms with Gasteiger partial charge in [-0.3, -0.25) is 4.68 Å². The molecule has 0 amide bonds. The Labute approximate surface area is 136 Å². The van der Waals surface area contributed by atoms with E-state index in [4.69, 9.17) is 11.6 Å². The summed E-state index contributed by atoms with van der Waals surface area (Å²) in [6.07, 6.45) is 1.88. The molecule has 0 atom stereocenters. The molecule has 2 heterocycles. The molecule has 4 nitrogen and oxygen atoms in total. The van der Waals surface area contributed by atoms with E-state index in [2.05, 4.69) is 15.1 Å². The molecule has 0 radical (unpaired) electrons. The third-order valence-corrected chi connectivity index (χ3v) is 3.86. The third kappa shape index (κ3) is 2.49. The Hall–Kier alpha value is -2.66. The van der Waals surface area contributed by atoms with Gasteiger partial charge >= 0.3 is 0 Å². The van der Waals surface area contributed by atoms with Crippen LogP contribution in [0.1, 0.15) is 0 Å². The molecule has 0 aliphatic heterocycles. The van der Waals surface area contributed by atoms with Crippen LogP contribution in [-0.4, -0.2) is 19.7 Å². The number of hydrogen-bond acceptors (Lipinski definition) is 2. The Kier molecular flexibility index (Phi) is 3.16. The molecule has 0 saturated heterocycles. The van der Waals surface area contributed by atoms with Crippen molar-refractivity contribution in [3.05, 3.63) is 59.5 Å². The van der Waals surface area contributed by atoms with Gasteiger partial charge in [-0.1, -0.05) is 23.7 Å². The third-order valence-electron chi connectivity index (χ3n) is 3.63. The average Bonchev–Trinajstić information content (AvgIpc) is 3.10. The molecule has 0 saturated carbocycles. The van der Waals surface area contributed by atoms with Crippen LogP contribution in [0.5, 0.6) is 0 Å². The molecule has 0 aliphatic rings. The van der Waals surface area contributed by atoms with Crippen LogP contribution in [0.25, 0.3) is 33.7 Å². The Bertz CT molecular complexity index is 1020. The van der Waals surface area contributed by atoms with Crippen LogP contribution in [0.15, 0.2) is 48.7 Å². The van der Waals surface area contributed by atoms with E-state index in [9.17, 15) is 4.39 Å². The van der Waals surface area contributed by atoms with Gasteiger partial charge in [0.2, 0.25) is 0 Å². The number of benzene rings is 2. The topological polar surface area (TPSA) is 46.5 Å². The summed E-state index contributed by atoms with van der Waals surface area (Å²) < 4.78 is 15.1. The molecular weight excluding hydrogens is 315 g/mol. The van der Waals surface area contributed by atoms with Crippen LogP contribution >= 0.6 is 11.6 Å². The van der Waals surface area contributed by atoms with Crippen molar-refractivity contribution in [2.75, 3.05) is 0 Å². The highest BCUT2D eigenvalue weighted by Gasteiger charge is 2.16. The quantitative estimate of drug-likeness (QED) is 0.592. The number of halogens is 2. The number of imidazole rings is 1. The van der Waals surface area contributed by atoms with E-state index in [1.54, 1.807) is 10.7 Å². The number of fused-ring (bicyclic) bond motifs is 1. The van der Waals surface area contributed by atoms with Crippen LogP contribution in [0.2, 0.25) is 5.02 Å². The minimum absolute atomic E-state index is 0.297. The molecule has 4 rings (SSSR count). The van der Waals surface area contributed by atoms with Crippen LogP contribution in [0.3, 0.4) is 0 Å². The van der Waals surface area contributed by atoms with Crippen molar-refractivity contribution in [1.82, 2.24) is 19.7 Å². The van der Waals surface area contributed by atoms with Crippen molar-refractivity contribution < 1.29 is 4.39 Å². The van der Waals surface area contributed by atoms with Crippen LogP contribution in [0.4, 0.5) is 4.39 Å². The lowest BCUT2D eigenvalue weighted by Crippen LogP contribution is -1.87. The SMILES string of the molecule is Cn1cc(-c2nc3ccc(F)cc3[nH]2)c(-c2cccc(Cl)c2)n1. The number of nitrogens with zero attached hydrogens (tertiary/aromatic N) is 3. The molecule has 4 aromatic rings. The Morgan fingerprint density at radius 1 is 1.17 bits per heavy atom. The van der Waals surface area contributed by atoms with Crippen molar-refractivity contribution in [3.63, 3.8) is 0 Å². The fourth-order valence-corrected chi connectivity index (χ4v) is 2.81. The summed E-state index contributed by atoms with van der Waals surface area (Å²) in [5.74, 6) is 0.350. The number of aromatic amines is 1. The van der Waals surface area contributed by atoms with Crippen molar-refractivity contribution in [2.24, 2.45) is 7.05 Å². The zero-order valence-electron chi connectivity index (χ0n) is 12.2. The lowest BCUT2D eigenvalue weighted by molar-refractivity contribution is 0.629. The summed E-state index contributed by atoms with van der Waals surface area (Å²) >= 11 is 6.08. The first-order chi connectivity index (χ1) is 11.1. The molecule has 0 fully saturated rings. The molecule has 0 unspecified atom stereocenters. The number of nitrogens with one attached hydrogen (secondary N) is 1. The van der Waals surface area contributed by atoms with Gasteiger partial charge in [-0.15, -0.1) is 0 Å². The largest absolute Gasteiger partial charge is 0.338 e. The highest BCUT2D eigenvalue weighted by Crippen LogP contribution is 2.31. The van der Waals surface area contributed by atoms with Gasteiger partial charge in [-0.25, -0.2) is 9.37 Å². The molecule has 2 aromatic heterocycles. The molecule has 2 aromatic carbocycles. The van der Waals surface area contributed by atoms with E-state index in [1.807, 2.05) is 37.5 Å². The molecular formula is C17H12ClFN4. The van der Waals surface area contributed by atoms with E-state index < -0.39 is 0 Å². The number of H-pyrrole nitrogens is 1. The maximum absolute atomic E-state index is 13.4. The molecule has 0 bridgehead atoms. The van der Waals surface area contributed by atoms with Gasteiger partial charge in [0.25, 0.3) is 0 Å². The maximum atomic E-state index is 13.4. The number of aromatic nitrogens is 4. The van der Waals surface area contributed by atoms with E-state index in [0.717, 1.165) is 16.8 Å². The first-order valence-electron chi connectivity index (χ1n) is 7.05. The second-order valence-electron chi connectivity index (χ2n) is 5.32. The summed E-state index contributed by atoms with van der Waals surface area (Å²) in [5.41, 5.74) is 3.88.